The van der Waals surface area contributed by atoms with E-state index in [9.17, 15) is 0 Å². The van der Waals surface area contributed by atoms with Gasteiger partial charge >= 0.3 is 0 Å². The second-order valence-electron chi connectivity index (χ2n) is 6.93. The van der Waals surface area contributed by atoms with Crippen molar-refractivity contribution in [3.8, 4) is 17.1 Å². The minimum absolute atomic E-state index is 0.128. The minimum Gasteiger partial charge on any atom is -0.270 e. The van der Waals surface area contributed by atoms with Crippen LogP contribution in [-0.2, 0) is 0 Å². The average molecular weight is 421 g/mol. The molecule has 0 aliphatic carbocycles. The van der Waals surface area contributed by atoms with Crippen molar-refractivity contribution in [2.24, 2.45) is 0 Å². The highest BCUT2D eigenvalue weighted by molar-refractivity contribution is 7.99. The van der Waals surface area contributed by atoms with E-state index in [4.69, 9.17) is 11.6 Å². The van der Waals surface area contributed by atoms with E-state index in [0.717, 1.165) is 32.8 Å². The molecule has 0 unspecified atom stereocenters. The molecule has 2 aromatic heterocycles. The van der Waals surface area contributed by atoms with Crippen molar-refractivity contribution in [3.63, 3.8) is 0 Å². The summed E-state index contributed by atoms with van der Waals surface area (Å²) in [6, 6.07) is 18.3. The largest absolute Gasteiger partial charge is 0.270 e. The molecule has 4 rings (SSSR count). The topological polar surface area (TPSA) is 43.6 Å². The zero-order chi connectivity index (χ0) is 20.4. The first-order valence-corrected chi connectivity index (χ1v) is 10.6. The van der Waals surface area contributed by atoms with E-state index in [1.165, 1.54) is 11.1 Å². The molecule has 29 heavy (non-hydrogen) atoms. The quantitative estimate of drug-likeness (QED) is 0.348. The maximum absolute atomic E-state index is 6.42. The van der Waals surface area contributed by atoms with Crippen LogP contribution in [0.3, 0.4) is 0 Å². The molecule has 0 bridgehead atoms. The summed E-state index contributed by atoms with van der Waals surface area (Å²) in [5.41, 5.74) is 5.58. The number of aromatic nitrogens is 4. The standard InChI is InChI=1S/C23H21ClN4S/c1-15-8-9-19(14-16(15)2)28-22(18-10-12-25-13-11-18)26-27-23(28)29-17(3)20-6-4-5-7-21(20)24/h4-14,17H,1-3H3/t17-/m1/s1. The number of nitrogens with zero attached hydrogens (tertiary/aromatic N) is 4. The van der Waals surface area contributed by atoms with Crippen LogP contribution in [0, 0.1) is 13.8 Å². The number of benzene rings is 2. The van der Waals surface area contributed by atoms with E-state index in [2.05, 4.69) is 64.8 Å². The number of rotatable bonds is 5. The van der Waals surface area contributed by atoms with Crippen LogP contribution in [0.15, 0.2) is 72.1 Å². The van der Waals surface area contributed by atoms with Gasteiger partial charge in [0.1, 0.15) is 0 Å². The fraction of sp³-hybridized carbons (Fsp3) is 0.174. The molecule has 0 radical (unpaired) electrons. The van der Waals surface area contributed by atoms with Crippen molar-refractivity contribution in [3.05, 3.63) is 88.7 Å². The molecule has 1 atom stereocenters. The van der Waals surface area contributed by atoms with Crippen LogP contribution in [0.4, 0.5) is 0 Å². The molecule has 2 heterocycles. The normalized spacial score (nSPS) is 12.1. The molecule has 0 amide bonds. The molecule has 0 aliphatic heterocycles. The Bertz CT molecular complexity index is 1140. The van der Waals surface area contributed by atoms with E-state index in [0.29, 0.717) is 0 Å². The number of thioether (sulfide) groups is 1. The Hall–Kier alpha value is -2.63. The highest BCUT2D eigenvalue weighted by Gasteiger charge is 2.20. The Morgan fingerprint density at radius 3 is 2.41 bits per heavy atom. The molecule has 0 spiro atoms. The third-order valence-electron chi connectivity index (χ3n) is 4.95. The van der Waals surface area contributed by atoms with Gasteiger partial charge in [-0.15, -0.1) is 10.2 Å². The van der Waals surface area contributed by atoms with Gasteiger partial charge in [-0.3, -0.25) is 9.55 Å². The lowest BCUT2D eigenvalue weighted by Gasteiger charge is -2.15. The second-order valence-corrected chi connectivity index (χ2v) is 8.64. The summed E-state index contributed by atoms with van der Waals surface area (Å²) in [4.78, 5) is 4.13. The van der Waals surface area contributed by atoms with Gasteiger partial charge in [-0.1, -0.05) is 47.6 Å². The predicted octanol–water partition coefficient (Wildman–Crippen LogP) is 6.45. The van der Waals surface area contributed by atoms with Gasteiger partial charge in [-0.05, 0) is 67.8 Å². The molecular weight excluding hydrogens is 400 g/mol. The Labute approximate surface area is 180 Å². The fourth-order valence-corrected chi connectivity index (χ4v) is 4.56. The lowest BCUT2D eigenvalue weighted by atomic mass is 10.1. The van der Waals surface area contributed by atoms with Gasteiger partial charge in [0, 0.05) is 28.2 Å². The zero-order valence-corrected chi connectivity index (χ0v) is 18.1. The van der Waals surface area contributed by atoms with Crippen molar-refractivity contribution in [1.82, 2.24) is 19.7 Å². The molecule has 0 saturated heterocycles. The van der Waals surface area contributed by atoms with Crippen molar-refractivity contribution < 1.29 is 0 Å². The fourth-order valence-electron chi connectivity index (χ4n) is 3.16. The molecule has 0 aliphatic rings. The number of pyridine rings is 1. The minimum atomic E-state index is 0.128. The van der Waals surface area contributed by atoms with Crippen LogP contribution >= 0.6 is 23.4 Å². The lowest BCUT2D eigenvalue weighted by Crippen LogP contribution is -2.02. The monoisotopic (exact) mass is 420 g/mol. The van der Waals surface area contributed by atoms with Crippen LogP contribution in [0.1, 0.15) is 28.9 Å². The Morgan fingerprint density at radius 2 is 1.69 bits per heavy atom. The molecule has 4 aromatic rings. The average Bonchev–Trinajstić information content (AvgIpc) is 3.14. The highest BCUT2D eigenvalue weighted by Crippen LogP contribution is 2.39. The SMILES string of the molecule is Cc1ccc(-n2c(S[C@H](C)c3ccccc3Cl)nnc2-c2ccncc2)cc1C. The van der Waals surface area contributed by atoms with Crippen LogP contribution in [0.25, 0.3) is 17.1 Å². The van der Waals surface area contributed by atoms with Gasteiger partial charge in [0.05, 0.1) is 5.69 Å². The highest BCUT2D eigenvalue weighted by atomic mass is 35.5. The van der Waals surface area contributed by atoms with Crippen LogP contribution in [0.5, 0.6) is 0 Å². The summed E-state index contributed by atoms with van der Waals surface area (Å²) in [5.74, 6) is 0.796. The first kappa shape index (κ1) is 19.7. The summed E-state index contributed by atoms with van der Waals surface area (Å²) in [6.45, 7) is 6.37. The van der Waals surface area contributed by atoms with E-state index < -0.39 is 0 Å². The first-order chi connectivity index (χ1) is 14.0. The van der Waals surface area contributed by atoms with E-state index in [1.807, 2.05) is 30.3 Å². The smallest absolute Gasteiger partial charge is 0.196 e. The molecule has 0 fully saturated rings. The van der Waals surface area contributed by atoms with Crippen LogP contribution < -0.4 is 0 Å². The van der Waals surface area contributed by atoms with Crippen LogP contribution in [0.2, 0.25) is 5.02 Å². The summed E-state index contributed by atoms with van der Waals surface area (Å²) in [5, 5.41) is 10.8. The van der Waals surface area contributed by atoms with Gasteiger partial charge < -0.3 is 0 Å². The summed E-state index contributed by atoms with van der Waals surface area (Å²) < 4.78 is 2.11. The van der Waals surface area contributed by atoms with Crippen molar-refractivity contribution in [2.45, 2.75) is 31.2 Å². The maximum atomic E-state index is 6.42. The third-order valence-corrected chi connectivity index (χ3v) is 6.37. The molecule has 146 valence electrons. The van der Waals surface area contributed by atoms with Crippen molar-refractivity contribution in [1.29, 1.82) is 0 Å². The molecule has 6 heteroatoms. The molecule has 0 saturated carbocycles. The van der Waals surface area contributed by atoms with Gasteiger partial charge in [-0.2, -0.15) is 0 Å². The van der Waals surface area contributed by atoms with Gasteiger partial charge in [0.15, 0.2) is 11.0 Å². The third kappa shape index (κ3) is 4.07. The summed E-state index contributed by atoms with van der Waals surface area (Å²) >= 11 is 8.07. The number of halogens is 1. The van der Waals surface area contributed by atoms with E-state index >= 15 is 0 Å². The molecule has 0 N–H and O–H groups in total. The van der Waals surface area contributed by atoms with Crippen molar-refractivity contribution >= 4 is 23.4 Å². The molecular formula is C23H21ClN4S. The van der Waals surface area contributed by atoms with E-state index in [1.54, 1.807) is 24.2 Å². The first-order valence-electron chi connectivity index (χ1n) is 9.39. The van der Waals surface area contributed by atoms with Crippen LogP contribution in [-0.4, -0.2) is 19.7 Å². The second kappa shape index (κ2) is 8.39. The number of hydrogen-bond acceptors (Lipinski definition) is 4. The maximum Gasteiger partial charge on any atom is 0.196 e. The van der Waals surface area contributed by atoms with Gasteiger partial charge in [0.25, 0.3) is 0 Å². The Kier molecular flexibility index (Phi) is 5.69. The summed E-state index contributed by atoms with van der Waals surface area (Å²) in [6.07, 6.45) is 3.54. The Balaban J connectivity index is 1.81. The predicted molar refractivity (Wildman–Crippen MR) is 120 cm³/mol. The summed E-state index contributed by atoms with van der Waals surface area (Å²) in [7, 11) is 0. The van der Waals surface area contributed by atoms with Gasteiger partial charge in [-0.25, -0.2) is 0 Å². The molecule has 4 nitrogen and oxygen atoms in total. The Morgan fingerprint density at radius 1 is 0.931 bits per heavy atom. The zero-order valence-electron chi connectivity index (χ0n) is 16.5. The lowest BCUT2D eigenvalue weighted by molar-refractivity contribution is 0.877. The van der Waals surface area contributed by atoms with Gasteiger partial charge in [0.2, 0.25) is 0 Å². The van der Waals surface area contributed by atoms with E-state index in [-0.39, 0.29) is 5.25 Å². The number of hydrogen-bond donors (Lipinski definition) is 0. The van der Waals surface area contributed by atoms with Crippen molar-refractivity contribution in [2.75, 3.05) is 0 Å². The number of aryl methyl sites for hydroxylation is 2. The molecule has 2 aromatic carbocycles.